The summed E-state index contributed by atoms with van der Waals surface area (Å²) in [4.78, 5) is 23.4. The molecule has 0 unspecified atom stereocenters. The predicted molar refractivity (Wildman–Crippen MR) is 73.6 cm³/mol. The molecule has 4 nitrogen and oxygen atoms in total. The number of fused-ring (bicyclic) bond motifs is 1. The molecule has 0 heterocycles. The number of aliphatic carboxylic acids is 2. The first kappa shape index (κ1) is 13.1. The van der Waals surface area contributed by atoms with Crippen molar-refractivity contribution in [2.45, 2.75) is 11.8 Å². The molecule has 0 saturated carbocycles. The van der Waals surface area contributed by atoms with E-state index in [4.69, 9.17) is 0 Å². The molecule has 3 aliphatic rings. The molecule has 5 rings (SSSR count). The molecular formula is C18H12O4-2. The Morgan fingerprint density at radius 2 is 0.909 bits per heavy atom. The highest BCUT2D eigenvalue weighted by Gasteiger charge is 2.50. The van der Waals surface area contributed by atoms with Crippen molar-refractivity contribution in [3.63, 3.8) is 0 Å². The average molecular weight is 292 g/mol. The molecule has 0 N–H and O–H groups in total. The highest BCUT2D eigenvalue weighted by molar-refractivity contribution is 5.84. The molecule has 0 amide bonds. The molecule has 3 aliphatic carbocycles. The van der Waals surface area contributed by atoms with E-state index in [9.17, 15) is 19.8 Å². The lowest BCUT2D eigenvalue weighted by molar-refractivity contribution is -0.328. The van der Waals surface area contributed by atoms with Crippen molar-refractivity contribution in [3.8, 4) is 0 Å². The van der Waals surface area contributed by atoms with Crippen molar-refractivity contribution in [2.24, 2.45) is 11.8 Å². The smallest absolute Gasteiger partial charge is 0.0461 e. The van der Waals surface area contributed by atoms with Gasteiger partial charge in [-0.2, -0.15) is 0 Å². The summed E-state index contributed by atoms with van der Waals surface area (Å²) in [5.41, 5.74) is 3.55. The van der Waals surface area contributed by atoms with E-state index < -0.39 is 35.6 Å². The van der Waals surface area contributed by atoms with Crippen molar-refractivity contribution < 1.29 is 19.8 Å². The van der Waals surface area contributed by atoms with Crippen LogP contribution in [0.15, 0.2) is 48.5 Å². The summed E-state index contributed by atoms with van der Waals surface area (Å²) in [6.07, 6.45) is 0. The molecule has 0 spiro atoms. The van der Waals surface area contributed by atoms with Gasteiger partial charge in [-0.25, -0.2) is 0 Å². The number of hydrogen-bond acceptors (Lipinski definition) is 4. The van der Waals surface area contributed by atoms with Crippen LogP contribution in [-0.2, 0) is 9.59 Å². The molecule has 110 valence electrons. The standard InChI is InChI=1S/C18H14O4/c19-17(20)15-13-9-5-1-2-6-10(9)14(16(15)18(21)22)12-8-4-3-7-11(12)13/h1-8,13-16H,(H,19,20)(H,21,22)/p-2/t13?,14?,15-,16+. The molecule has 2 bridgehead atoms. The van der Waals surface area contributed by atoms with Crippen molar-refractivity contribution >= 4 is 11.9 Å². The molecule has 4 heteroatoms. The molecule has 0 aromatic heterocycles. The van der Waals surface area contributed by atoms with Gasteiger partial charge in [0, 0.05) is 35.6 Å². The number of carboxylic acids is 2. The summed E-state index contributed by atoms with van der Waals surface area (Å²) in [5.74, 6) is -5.84. The number of rotatable bonds is 2. The van der Waals surface area contributed by atoms with Gasteiger partial charge in [0.1, 0.15) is 0 Å². The van der Waals surface area contributed by atoms with Gasteiger partial charge < -0.3 is 19.8 Å². The van der Waals surface area contributed by atoms with Crippen LogP contribution in [-0.4, -0.2) is 11.9 Å². The van der Waals surface area contributed by atoms with Crippen LogP contribution < -0.4 is 10.2 Å². The van der Waals surface area contributed by atoms with Crippen LogP contribution in [0.4, 0.5) is 0 Å². The number of carbonyl (C=O) groups excluding carboxylic acids is 2. The summed E-state index contributed by atoms with van der Waals surface area (Å²) in [6, 6.07) is 14.9. The normalized spacial score (nSPS) is 27.8. The van der Waals surface area contributed by atoms with Crippen molar-refractivity contribution in [3.05, 3.63) is 70.8 Å². The zero-order valence-electron chi connectivity index (χ0n) is 11.6. The number of carboxylic acid groups (broad SMARTS) is 2. The van der Waals surface area contributed by atoms with Gasteiger partial charge in [-0.1, -0.05) is 48.5 Å². The van der Waals surface area contributed by atoms with Crippen molar-refractivity contribution in [1.29, 1.82) is 0 Å². The summed E-state index contributed by atoms with van der Waals surface area (Å²) in [6.45, 7) is 0. The maximum absolute atomic E-state index is 11.7. The Hall–Kier alpha value is -2.62. The lowest BCUT2D eigenvalue weighted by Gasteiger charge is -2.51. The molecule has 22 heavy (non-hydrogen) atoms. The second-order valence-corrected chi connectivity index (χ2v) is 5.90. The van der Waals surface area contributed by atoms with E-state index in [0.717, 1.165) is 22.3 Å². The Kier molecular flexibility index (Phi) is 2.64. The quantitative estimate of drug-likeness (QED) is 0.781. The van der Waals surface area contributed by atoms with Gasteiger partial charge in [0.05, 0.1) is 0 Å². The summed E-state index contributed by atoms with van der Waals surface area (Å²) in [5, 5.41) is 23.4. The van der Waals surface area contributed by atoms with Gasteiger partial charge in [0.25, 0.3) is 0 Å². The van der Waals surface area contributed by atoms with Gasteiger partial charge in [-0.15, -0.1) is 0 Å². The van der Waals surface area contributed by atoms with Crippen LogP contribution in [0.2, 0.25) is 0 Å². The minimum atomic E-state index is -1.33. The fourth-order valence-electron chi connectivity index (χ4n) is 4.24. The van der Waals surface area contributed by atoms with Crippen molar-refractivity contribution in [1.82, 2.24) is 0 Å². The predicted octanol–water partition coefficient (Wildman–Crippen LogP) is 0.00960. The Bertz CT molecular complexity index is 682. The molecule has 2 atom stereocenters. The first-order valence-electron chi connectivity index (χ1n) is 7.20. The van der Waals surface area contributed by atoms with Gasteiger partial charge >= 0.3 is 0 Å². The first-order valence-corrected chi connectivity index (χ1v) is 7.20. The van der Waals surface area contributed by atoms with Gasteiger partial charge in [-0.05, 0) is 22.3 Å². The topological polar surface area (TPSA) is 80.3 Å². The van der Waals surface area contributed by atoms with E-state index >= 15 is 0 Å². The molecule has 0 radical (unpaired) electrons. The Morgan fingerprint density at radius 3 is 1.14 bits per heavy atom. The van der Waals surface area contributed by atoms with Crippen molar-refractivity contribution in [2.75, 3.05) is 0 Å². The minimum absolute atomic E-state index is 0.495. The monoisotopic (exact) mass is 292 g/mol. The third-order valence-corrected chi connectivity index (χ3v) is 4.98. The summed E-state index contributed by atoms with van der Waals surface area (Å²) >= 11 is 0. The number of carbonyl (C=O) groups is 2. The van der Waals surface area contributed by atoms with Crippen LogP contribution >= 0.6 is 0 Å². The number of benzene rings is 2. The third-order valence-electron chi connectivity index (χ3n) is 4.98. The van der Waals surface area contributed by atoms with Crippen LogP contribution in [0.25, 0.3) is 0 Å². The van der Waals surface area contributed by atoms with Crippen LogP contribution in [0.5, 0.6) is 0 Å². The zero-order valence-corrected chi connectivity index (χ0v) is 11.6. The Balaban J connectivity index is 2.06. The lowest BCUT2D eigenvalue weighted by atomic mass is 9.54. The molecule has 0 fully saturated rings. The fraction of sp³-hybridized carbons (Fsp3) is 0.222. The zero-order chi connectivity index (χ0) is 15.4. The Labute approximate surface area is 127 Å². The highest BCUT2D eigenvalue weighted by Crippen LogP contribution is 2.57. The highest BCUT2D eigenvalue weighted by atomic mass is 16.4. The average Bonchev–Trinajstić information content (AvgIpc) is 2.53. The van der Waals surface area contributed by atoms with Gasteiger partial charge in [0.2, 0.25) is 0 Å². The third kappa shape index (κ3) is 1.52. The number of hydrogen-bond donors (Lipinski definition) is 0. The maximum atomic E-state index is 11.7. The molecule has 0 aliphatic heterocycles. The van der Waals surface area contributed by atoms with Gasteiger partial charge in [0.15, 0.2) is 0 Å². The maximum Gasteiger partial charge on any atom is 0.0461 e. The molecule has 0 saturated heterocycles. The molecule has 2 aromatic rings. The van der Waals surface area contributed by atoms with Gasteiger partial charge in [-0.3, -0.25) is 0 Å². The van der Waals surface area contributed by atoms with Crippen LogP contribution in [0.3, 0.4) is 0 Å². The second-order valence-electron chi connectivity index (χ2n) is 5.90. The second kappa shape index (κ2) is 4.44. The Morgan fingerprint density at radius 1 is 0.636 bits per heavy atom. The molecular weight excluding hydrogens is 280 g/mol. The van der Waals surface area contributed by atoms with E-state index in [1.54, 1.807) is 0 Å². The van der Waals surface area contributed by atoms with E-state index in [-0.39, 0.29) is 0 Å². The van der Waals surface area contributed by atoms with Crippen LogP contribution in [0.1, 0.15) is 34.1 Å². The molecule has 2 aromatic carbocycles. The SMILES string of the molecule is O=C([O-])[C@@H]1C2c3ccccc3C(c3ccccc32)[C@@H]1C(=O)[O-]. The minimum Gasteiger partial charge on any atom is -0.550 e. The fourth-order valence-corrected chi connectivity index (χ4v) is 4.24. The van der Waals surface area contributed by atoms with E-state index in [2.05, 4.69) is 0 Å². The lowest BCUT2D eigenvalue weighted by Crippen LogP contribution is -2.54. The van der Waals surface area contributed by atoms with E-state index in [1.165, 1.54) is 0 Å². The summed E-state index contributed by atoms with van der Waals surface area (Å²) in [7, 11) is 0. The largest absolute Gasteiger partial charge is 0.550 e. The van der Waals surface area contributed by atoms with E-state index in [1.807, 2.05) is 48.5 Å². The van der Waals surface area contributed by atoms with Crippen LogP contribution in [0, 0.1) is 11.8 Å². The first-order chi connectivity index (χ1) is 10.6. The van der Waals surface area contributed by atoms with E-state index in [0.29, 0.717) is 0 Å². The summed E-state index contributed by atoms with van der Waals surface area (Å²) < 4.78 is 0.